The highest BCUT2D eigenvalue weighted by Gasteiger charge is 2.51. The van der Waals surface area contributed by atoms with Gasteiger partial charge in [0.2, 0.25) is 5.91 Å². The Morgan fingerprint density at radius 2 is 1.82 bits per heavy atom. The van der Waals surface area contributed by atoms with Crippen molar-refractivity contribution in [2.45, 2.75) is 64.1 Å². The Kier molecular flexibility index (Phi) is 7.00. The highest BCUT2D eigenvalue weighted by atomic mass is 19.4. The number of benzene rings is 1. The molecule has 1 N–H and O–H groups in total. The average Bonchev–Trinajstić information content (AvgIpc) is 3.53. The SMILES string of the molecule is CC(C)(c1cc(NC(=O)Cc2ccc(-c3cnc(Cc4ccn5c4CCCC5)nc3)cc2F)no1)C(F)(F)F. The normalized spacial score (nSPS) is 13.8. The molecule has 0 radical (unpaired) electrons. The first-order valence-corrected chi connectivity index (χ1v) is 12.6. The molecule has 5 rings (SSSR count). The summed E-state index contributed by atoms with van der Waals surface area (Å²) in [7, 11) is 0. The van der Waals surface area contributed by atoms with Gasteiger partial charge < -0.3 is 14.4 Å². The van der Waals surface area contributed by atoms with Crippen molar-refractivity contribution >= 4 is 11.7 Å². The van der Waals surface area contributed by atoms with E-state index in [1.165, 1.54) is 36.2 Å². The molecule has 0 saturated heterocycles. The van der Waals surface area contributed by atoms with Gasteiger partial charge in [0.25, 0.3) is 0 Å². The van der Waals surface area contributed by atoms with Crippen LogP contribution < -0.4 is 5.32 Å². The molecule has 3 aromatic heterocycles. The number of aromatic nitrogens is 4. The van der Waals surface area contributed by atoms with E-state index in [9.17, 15) is 22.4 Å². The lowest BCUT2D eigenvalue weighted by Gasteiger charge is -2.24. The van der Waals surface area contributed by atoms with Crippen LogP contribution in [-0.2, 0) is 36.0 Å². The molecule has 39 heavy (non-hydrogen) atoms. The van der Waals surface area contributed by atoms with Gasteiger partial charge in [0.1, 0.15) is 17.1 Å². The van der Waals surface area contributed by atoms with Gasteiger partial charge in [-0.2, -0.15) is 13.2 Å². The van der Waals surface area contributed by atoms with E-state index in [1.807, 2.05) is 0 Å². The Balaban J connectivity index is 1.22. The lowest BCUT2D eigenvalue weighted by molar-refractivity contribution is -0.185. The predicted octanol–water partition coefficient (Wildman–Crippen LogP) is 6.02. The number of halogens is 4. The fraction of sp³-hybridized carbons (Fsp3) is 0.357. The Hall–Kier alpha value is -4.02. The number of nitrogens with one attached hydrogen (secondary N) is 1. The van der Waals surface area contributed by atoms with Gasteiger partial charge in [-0.15, -0.1) is 0 Å². The number of fused-ring (bicyclic) bond motifs is 1. The van der Waals surface area contributed by atoms with Gasteiger partial charge in [0, 0.05) is 48.9 Å². The smallest absolute Gasteiger partial charge is 0.358 e. The maximum Gasteiger partial charge on any atom is 0.401 e. The molecule has 0 spiro atoms. The zero-order chi connectivity index (χ0) is 27.8. The minimum Gasteiger partial charge on any atom is -0.358 e. The van der Waals surface area contributed by atoms with Crippen LogP contribution in [0.2, 0.25) is 0 Å². The monoisotopic (exact) mass is 541 g/mol. The van der Waals surface area contributed by atoms with Crippen LogP contribution in [0.1, 0.15) is 55.1 Å². The van der Waals surface area contributed by atoms with Gasteiger partial charge in [-0.05, 0) is 61.9 Å². The minimum absolute atomic E-state index is 0.117. The Labute approximate surface area is 222 Å². The summed E-state index contributed by atoms with van der Waals surface area (Å²) in [5.74, 6) is -1.19. The van der Waals surface area contributed by atoms with E-state index >= 15 is 0 Å². The molecule has 1 aromatic carbocycles. The van der Waals surface area contributed by atoms with Crippen molar-refractivity contribution in [2.24, 2.45) is 0 Å². The van der Waals surface area contributed by atoms with Crippen molar-refractivity contribution in [3.63, 3.8) is 0 Å². The summed E-state index contributed by atoms with van der Waals surface area (Å²) >= 11 is 0. The lowest BCUT2D eigenvalue weighted by atomic mass is 9.89. The summed E-state index contributed by atoms with van der Waals surface area (Å²) in [6.07, 6.45) is 4.57. The third-order valence-corrected chi connectivity index (χ3v) is 7.13. The van der Waals surface area contributed by atoms with Gasteiger partial charge in [-0.1, -0.05) is 17.3 Å². The second-order valence-corrected chi connectivity index (χ2v) is 10.2. The summed E-state index contributed by atoms with van der Waals surface area (Å²) in [4.78, 5) is 21.3. The standard InChI is InChI=1S/C28H27F4N5O2/c1-27(2,28(30,31)32)23-14-25(36-39-23)35-26(38)13-18-7-6-17(11-21(18)29)20-15-33-24(34-16-20)12-19-8-10-37-9-4-3-5-22(19)37/h6-8,10-11,14-16H,3-5,9,12-13H2,1-2H3,(H,35,36,38). The van der Waals surface area contributed by atoms with Crippen molar-refractivity contribution in [3.8, 4) is 11.1 Å². The molecule has 0 saturated carbocycles. The number of anilines is 1. The van der Waals surface area contributed by atoms with Crippen LogP contribution in [-0.4, -0.2) is 31.8 Å². The van der Waals surface area contributed by atoms with Gasteiger partial charge in [-0.3, -0.25) is 4.79 Å². The van der Waals surface area contributed by atoms with E-state index < -0.39 is 29.1 Å². The molecule has 0 unspecified atom stereocenters. The Bertz CT molecular complexity index is 1490. The van der Waals surface area contributed by atoms with Crippen LogP contribution in [0.15, 0.2) is 53.4 Å². The lowest BCUT2D eigenvalue weighted by Crippen LogP contribution is -2.35. The first-order valence-electron chi connectivity index (χ1n) is 12.6. The number of nitrogens with zero attached hydrogens (tertiary/aromatic N) is 4. The third-order valence-electron chi connectivity index (χ3n) is 7.13. The molecular formula is C28H27F4N5O2. The first kappa shape index (κ1) is 26.6. The number of amides is 1. The molecule has 11 heteroatoms. The molecule has 4 heterocycles. The topological polar surface area (TPSA) is 85.8 Å². The summed E-state index contributed by atoms with van der Waals surface area (Å²) in [5.41, 5.74) is 1.59. The number of carbonyl (C=O) groups excluding carboxylic acids is 1. The van der Waals surface area contributed by atoms with E-state index in [4.69, 9.17) is 4.52 Å². The highest BCUT2D eigenvalue weighted by Crippen LogP contribution is 2.41. The predicted molar refractivity (Wildman–Crippen MR) is 136 cm³/mol. The fourth-order valence-electron chi connectivity index (χ4n) is 4.56. The second-order valence-electron chi connectivity index (χ2n) is 10.2. The van der Waals surface area contributed by atoms with E-state index in [0.29, 0.717) is 23.4 Å². The van der Waals surface area contributed by atoms with Crippen molar-refractivity contribution in [2.75, 3.05) is 5.32 Å². The number of hydrogen-bond acceptors (Lipinski definition) is 5. The largest absolute Gasteiger partial charge is 0.401 e. The van der Waals surface area contributed by atoms with E-state index in [-0.39, 0.29) is 17.8 Å². The van der Waals surface area contributed by atoms with Crippen molar-refractivity contribution in [1.29, 1.82) is 0 Å². The maximum atomic E-state index is 14.8. The van der Waals surface area contributed by atoms with Crippen LogP contribution in [0.3, 0.4) is 0 Å². The van der Waals surface area contributed by atoms with E-state index in [2.05, 4.69) is 37.3 Å². The average molecular weight is 542 g/mol. The van der Waals surface area contributed by atoms with Crippen molar-refractivity contribution in [3.05, 3.63) is 83.1 Å². The number of alkyl halides is 3. The molecule has 1 aliphatic rings. The molecule has 0 aliphatic carbocycles. The highest BCUT2D eigenvalue weighted by molar-refractivity contribution is 5.91. The van der Waals surface area contributed by atoms with Crippen LogP contribution in [0.25, 0.3) is 11.1 Å². The van der Waals surface area contributed by atoms with Gasteiger partial charge >= 0.3 is 6.18 Å². The molecule has 1 aliphatic heterocycles. The van der Waals surface area contributed by atoms with Crippen molar-refractivity contribution in [1.82, 2.24) is 19.7 Å². The third kappa shape index (κ3) is 5.57. The van der Waals surface area contributed by atoms with Crippen LogP contribution in [0, 0.1) is 5.82 Å². The Morgan fingerprint density at radius 3 is 2.54 bits per heavy atom. The van der Waals surface area contributed by atoms with Gasteiger partial charge in [0.05, 0.1) is 6.42 Å². The quantitative estimate of drug-likeness (QED) is 0.289. The molecule has 7 nitrogen and oxygen atoms in total. The van der Waals surface area contributed by atoms with E-state index in [1.54, 1.807) is 18.5 Å². The summed E-state index contributed by atoms with van der Waals surface area (Å²) in [6.45, 7) is 2.94. The fourth-order valence-corrected chi connectivity index (χ4v) is 4.56. The molecular weight excluding hydrogens is 514 g/mol. The molecule has 0 bridgehead atoms. The molecule has 1 amide bonds. The maximum absolute atomic E-state index is 14.8. The minimum atomic E-state index is -4.56. The number of aryl methyl sites for hydroxylation is 1. The first-order chi connectivity index (χ1) is 18.5. The number of hydrogen-bond donors (Lipinski definition) is 1. The number of rotatable bonds is 7. The van der Waals surface area contributed by atoms with Crippen molar-refractivity contribution < 1.29 is 26.9 Å². The van der Waals surface area contributed by atoms with Gasteiger partial charge in [-0.25, -0.2) is 14.4 Å². The van der Waals surface area contributed by atoms with Crippen LogP contribution >= 0.6 is 0 Å². The zero-order valence-corrected chi connectivity index (χ0v) is 21.5. The molecule has 204 valence electrons. The Morgan fingerprint density at radius 1 is 1.05 bits per heavy atom. The van der Waals surface area contributed by atoms with Crippen LogP contribution in [0.4, 0.5) is 23.4 Å². The molecule has 0 fully saturated rings. The number of carbonyl (C=O) groups is 1. The summed E-state index contributed by atoms with van der Waals surface area (Å²) in [5, 5.41) is 5.84. The molecule has 4 aromatic rings. The van der Waals surface area contributed by atoms with Crippen LogP contribution in [0.5, 0.6) is 0 Å². The zero-order valence-electron chi connectivity index (χ0n) is 21.5. The van der Waals surface area contributed by atoms with Gasteiger partial charge in [0.15, 0.2) is 11.6 Å². The summed E-state index contributed by atoms with van der Waals surface area (Å²) < 4.78 is 61.5. The summed E-state index contributed by atoms with van der Waals surface area (Å²) in [6, 6.07) is 7.57. The second kappa shape index (κ2) is 10.3. The van der Waals surface area contributed by atoms with E-state index in [0.717, 1.165) is 32.9 Å². The molecule has 0 atom stereocenters.